The van der Waals surface area contributed by atoms with Gasteiger partial charge in [-0.2, -0.15) is 0 Å². The van der Waals surface area contributed by atoms with Gasteiger partial charge in [-0.05, 0) is 38.2 Å². The molecule has 2 heterocycles. The van der Waals surface area contributed by atoms with E-state index in [2.05, 4.69) is 25.0 Å². The number of ether oxygens (including phenoxy) is 1. The molecule has 0 aromatic heterocycles. The maximum absolute atomic E-state index is 13.6. The molecule has 27 heavy (non-hydrogen) atoms. The molecule has 2 aliphatic heterocycles. The minimum absolute atomic E-state index is 0.0788. The van der Waals surface area contributed by atoms with E-state index in [0.717, 1.165) is 57.3 Å². The maximum Gasteiger partial charge on any atom is 0.193 e. The third kappa shape index (κ3) is 5.18. The normalized spacial score (nSPS) is 23.1. The number of guanidine groups is 1. The lowest BCUT2D eigenvalue weighted by Gasteiger charge is -2.32. The Bertz CT molecular complexity index is 633. The van der Waals surface area contributed by atoms with Gasteiger partial charge in [0.25, 0.3) is 0 Å². The van der Waals surface area contributed by atoms with Crippen LogP contribution in [0.3, 0.4) is 0 Å². The number of hydrogen-bond donors (Lipinski definition) is 1. The van der Waals surface area contributed by atoms with Crippen molar-refractivity contribution in [2.45, 2.75) is 18.5 Å². The average Bonchev–Trinajstić information content (AvgIpc) is 3.15. The van der Waals surface area contributed by atoms with E-state index in [9.17, 15) is 4.39 Å². The summed E-state index contributed by atoms with van der Waals surface area (Å²) in [7, 11) is 5.87. The summed E-state index contributed by atoms with van der Waals surface area (Å²) in [6.45, 7) is 6.39. The molecule has 0 saturated carbocycles. The molecule has 7 heteroatoms. The first kappa shape index (κ1) is 20.0. The van der Waals surface area contributed by atoms with Crippen LogP contribution in [-0.2, 0) is 4.74 Å². The van der Waals surface area contributed by atoms with E-state index in [4.69, 9.17) is 4.74 Å². The molecule has 0 radical (unpaired) electrons. The molecule has 150 valence electrons. The highest BCUT2D eigenvalue weighted by molar-refractivity contribution is 5.80. The minimum Gasteiger partial charge on any atom is -0.379 e. The third-order valence-electron chi connectivity index (χ3n) is 5.55. The minimum atomic E-state index is -0.198. The van der Waals surface area contributed by atoms with Crippen molar-refractivity contribution in [3.63, 3.8) is 0 Å². The second kappa shape index (κ2) is 9.48. The van der Waals surface area contributed by atoms with Gasteiger partial charge in [0.1, 0.15) is 5.82 Å². The monoisotopic (exact) mass is 377 g/mol. The van der Waals surface area contributed by atoms with Gasteiger partial charge < -0.3 is 19.9 Å². The Morgan fingerprint density at radius 1 is 1.33 bits per heavy atom. The molecular weight excluding hydrogens is 345 g/mol. The van der Waals surface area contributed by atoms with E-state index in [1.54, 1.807) is 12.1 Å². The van der Waals surface area contributed by atoms with Crippen LogP contribution in [0.25, 0.3) is 0 Å². The Morgan fingerprint density at radius 3 is 2.78 bits per heavy atom. The highest BCUT2D eigenvalue weighted by Crippen LogP contribution is 2.20. The van der Waals surface area contributed by atoms with E-state index >= 15 is 0 Å². The van der Waals surface area contributed by atoms with Crippen molar-refractivity contribution in [2.24, 2.45) is 4.99 Å². The summed E-state index contributed by atoms with van der Waals surface area (Å²) in [5.74, 6) is 0.727. The smallest absolute Gasteiger partial charge is 0.193 e. The summed E-state index contributed by atoms with van der Waals surface area (Å²) < 4.78 is 19.1. The van der Waals surface area contributed by atoms with Crippen molar-refractivity contribution >= 4 is 5.96 Å². The van der Waals surface area contributed by atoms with Gasteiger partial charge in [-0.1, -0.05) is 12.1 Å². The fourth-order valence-electron chi connectivity index (χ4n) is 4.01. The molecule has 6 nitrogen and oxygen atoms in total. The van der Waals surface area contributed by atoms with E-state index in [-0.39, 0.29) is 11.9 Å². The Labute approximate surface area is 162 Å². The number of nitrogens with zero attached hydrogens (tertiary/aromatic N) is 4. The van der Waals surface area contributed by atoms with Crippen LogP contribution in [0.4, 0.5) is 4.39 Å². The van der Waals surface area contributed by atoms with Gasteiger partial charge in [0, 0.05) is 45.8 Å². The van der Waals surface area contributed by atoms with Gasteiger partial charge in [-0.15, -0.1) is 0 Å². The number of likely N-dealkylation sites (N-methyl/N-ethyl adjacent to an activating group) is 1. The van der Waals surface area contributed by atoms with Gasteiger partial charge in [-0.25, -0.2) is 4.39 Å². The van der Waals surface area contributed by atoms with Gasteiger partial charge in [0.15, 0.2) is 5.96 Å². The number of hydrogen-bond acceptors (Lipinski definition) is 4. The number of aliphatic imine (C=N–C) groups is 1. The summed E-state index contributed by atoms with van der Waals surface area (Å²) in [4.78, 5) is 11.5. The van der Waals surface area contributed by atoms with E-state index in [1.807, 2.05) is 27.2 Å². The van der Waals surface area contributed by atoms with Crippen LogP contribution in [-0.4, -0.2) is 93.8 Å². The highest BCUT2D eigenvalue weighted by atomic mass is 19.1. The standard InChI is InChI=1S/C20H32FN5O/c1-22-20(26-8-7-18(15-26)25-9-11-27-12-10-25)23-14-19(24(2)3)16-5-4-6-17(21)13-16/h4-6,13,18-19H,7-12,14-15H2,1-3H3,(H,22,23). The van der Waals surface area contributed by atoms with Gasteiger partial charge in [-0.3, -0.25) is 9.89 Å². The molecule has 0 aliphatic carbocycles. The molecule has 1 aromatic rings. The fraction of sp³-hybridized carbons (Fsp3) is 0.650. The number of nitrogens with one attached hydrogen (secondary N) is 1. The van der Waals surface area contributed by atoms with Crippen molar-refractivity contribution in [1.82, 2.24) is 20.0 Å². The summed E-state index contributed by atoms with van der Waals surface area (Å²) in [5.41, 5.74) is 0.968. The van der Waals surface area contributed by atoms with Crippen molar-refractivity contribution in [1.29, 1.82) is 0 Å². The predicted molar refractivity (Wildman–Crippen MR) is 107 cm³/mol. The first-order chi connectivity index (χ1) is 13.1. The molecular formula is C20H32FN5O. The molecule has 1 aromatic carbocycles. The lowest BCUT2D eigenvalue weighted by Crippen LogP contribution is -2.47. The molecule has 0 spiro atoms. The molecule has 1 N–H and O–H groups in total. The molecule has 2 atom stereocenters. The lowest BCUT2D eigenvalue weighted by atomic mass is 10.1. The van der Waals surface area contributed by atoms with Crippen molar-refractivity contribution < 1.29 is 9.13 Å². The van der Waals surface area contributed by atoms with Crippen molar-refractivity contribution in [3.8, 4) is 0 Å². The average molecular weight is 378 g/mol. The van der Waals surface area contributed by atoms with Crippen molar-refractivity contribution in [3.05, 3.63) is 35.6 Å². The summed E-state index contributed by atoms with van der Waals surface area (Å²) in [6.07, 6.45) is 1.15. The summed E-state index contributed by atoms with van der Waals surface area (Å²) in [6, 6.07) is 7.49. The van der Waals surface area contributed by atoms with E-state index < -0.39 is 0 Å². The first-order valence-electron chi connectivity index (χ1n) is 9.77. The largest absolute Gasteiger partial charge is 0.379 e. The molecule has 2 fully saturated rings. The first-order valence-corrected chi connectivity index (χ1v) is 9.77. The third-order valence-corrected chi connectivity index (χ3v) is 5.55. The Hall–Kier alpha value is -1.70. The number of halogens is 1. The van der Waals surface area contributed by atoms with E-state index in [0.29, 0.717) is 12.6 Å². The molecule has 2 saturated heterocycles. The summed E-state index contributed by atoms with van der Waals surface area (Å²) in [5, 5.41) is 3.50. The fourth-order valence-corrected chi connectivity index (χ4v) is 4.01. The SMILES string of the molecule is CN=C(NCC(c1cccc(F)c1)N(C)C)N1CCC(N2CCOCC2)C1. The summed E-state index contributed by atoms with van der Waals surface area (Å²) >= 11 is 0. The Balaban J connectivity index is 1.58. The zero-order valence-corrected chi connectivity index (χ0v) is 16.7. The zero-order valence-electron chi connectivity index (χ0n) is 16.7. The number of rotatable bonds is 5. The molecule has 0 amide bonds. The molecule has 3 rings (SSSR count). The van der Waals surface area contributed by atoms with Crippen LogP contribution in [0.15, 0.2) is 29.3 Å². The topological polar surface area (TPSA) is 43.3 Å². The predicted octanol–water partition coefficient (Wildman–Crippen LogP) is 1.41. The van der Waals surface area contributed by atoms with Crippen LogP contribution >= 0.6 is 0 Å². The number of morpholine rings is 1. The Morgan fingerprint density at radius 2 is 2.11 bits per heavy atom. The van der Waals surface area contributed by atoms with Crippen LogP contribution in [0.2, 0.25) is 0 Å². The van der Waals surface area contributed by atoms with Gasteiger partial charge in [0.05, 0.1) is 19.3 Å². The van der Waals surface area contributed by atoms with Crippen LogP contribution in [0.1, 0.15) is 18.0 Å². The molecule has 2 aliphatic rings. The van der Waals surface area contributed by atoms with Crippen LogP contribution < -0.4 is 5.32 Å². The second-order valence-corrected chi connectivity index (χ2v) is 7.50. The zero-order chi connectivity index (χ0) is 19.2. The van der Waals surface area contributed by atoms with Gasteiger partial charge >= 0.3 is 0 Å². The van der Waals surface area contributed by atoms with Crippen LogP contribution in [0.5, 0.6) is 0 Å². The highest BCUT2D eigenvalue weighted by Gasteiger charge is 2.30. The van der Waals surface area contributed by atoms with Crippen molar-refractivity contribution in [2.75, 3.05) is 67.1 Å². The number of benzene rings is 1. The second-order valence-electron chi connectivity index (χ2n) is 7.50. The Kier molecular flexibility index (Phi) is 7.04. The quantitative estimate of drug-likeness (QED) is 0.621. The lowest BCUT2D eigenvalue weighted by molar-refractivity contribution is 0.0195. The number of likely N-dealkylation sites (tertiary alicyclic amines) is 1. The maximum atomic E-state index is 13.6. The van der Waals surface area contributed by atoms with Gasteiger partial charge in [0.2, 0.25) is 0 Å². The molecule has 2 unspecified atom stereocenters. The van der Waals surface area contributed by atoms with Crippen LogP contribution in [0, 0.1) is 5.82 Å². The van der Waals surface area contributed by atoms with E-state index in [1.165, 1.54) is 6.07 Å². The molecule has 0 bridgehead atoms.